The van der Waals surface area contributed by atoms with Crippen LogP contribution >= 0.6 is 0 Å². The first kappa shape index (κ1) is 24.4. The lowest BCUT2D eigenvalue weighted by molar-refractivity contribution is -0.118. The molecule has 4 rings (SSSR count). The third kappa shape index (κ3) is 6.22. The number of likely N-dealkylation sites (tertiary alicyclic amines) is 1. The Morgan fingerprint density at radius 2 is 1.88 bits per heavy atom. The van der Waals surface area contributed by atoms with Gasteiger partial charge in [-0.05, 0) is 69.0 Å². The van der Waals surface area contributed by atoms with Crippen molar-refractivity contribution in [2.45, 2.75) is 37.5 Å². The van der Waals surface area contributed by atoms with Crippen LogP contribution in [0, 0.1) is 12.8 Å². The van der Waals surface area contributed by atoms with E-state index in [0.29, 0.717) is 31.7 Å². The van der Waals surface area contributed by atoms with E-state index in [1.807, 2.05) is 31.2 Å². The molecule has 1 unspecified atom stereocenters. The van der Waals surface area contributed by atoms with Gasteiger partial charge >= 0.3 is 0 Å². The minimum Gasteiger partial charge on any atom is -0.325 e. The fourth-order valence-corrected chi connectivity index (χ4v) is 5.68. The summed E-state index contributed by atoms with van der Waals surface area (Å²) in [6.07, 6.45) is 3.25. The summed E-state index contributed by atoms with van der Waals surface area (Å²) in [7, 11) is -3.55. The van der Waals surface area contributed by atoms with E-state index in [1.54, 1.807) is 29.2 Å². The van der Waals surface area contributed by atoms with E-state index in [4.69, 9.17) is 0 Å². The van der Waals surface area contributed by atoms with E-state index in [-0.39, 0.29) is 29.2 Å². The van der Waals surface area contributed by atoms with Gasteiger partial charge in [0.05, 0.1) is 11.4 Å². The molecule has 2 aliphatic rings. The monoisotopic (exact) mass is 484 g/mol. The zero-order valence-electron chi connectivity index (χ0n) is 19.5. The summed E-state index contributed by atoms with van der Waals surface area (Å²) in [5, 5.41) is 2.93. The number of nitrogens with one attached hydrogen (secondary N) is 2. The molecule has 0 radical (unpaired) electrons. The topological polar surface area (TPSA) is 98.8 Å². The highest BCUT2D eigenvalue weighted by molar-refractivity contribution is 7.89. The second-order valence-electron chi connectivity index (χ2n) is 9.16. The van der Waals surface area contributed by atoms with Crippen molar-refractivity contribution in [1.29, 1.82) is 0 Å². The SMILES string of the molecule is Cc1ccc(S(=O)(=O)NCC2CCCN(CC(=O)Nc3cccc(N4CCCC4=O)c3)C2)cc1. The number of anilines is 2. The highest BCUT2D eigenvalue weighted by Gasteiger charge is 2.25. The number of carbonyl (C=O) groups excluding carboxylic acids is 2. The van der Waals surface area contributed by atoms with Crippen molar-refractivity contribution in [3.8, 4) is 0 Å². The Morgan fingerprint density at radius 1 is 1.09 bits per heavy atom. The number of hydrogen-bond acceptors (Lipinski definition) is 5. The molecule has 8 nitrogen and oxygen atoms in total. The van der Waals surface area contributed by atoms with Crippen LogP contribution in [0.25, 0.3) is 0 Å². The predicted molar refractivity (Wildman–Crippen MR) is 132 cm³/mol. The summed E-state index contributed by atoms with van der Waals surface area (Å²) in [6.45, 7) is 4.68. The van der Waals surface area contributed by atoms with Crippen LogP contribution < -0.4 is 14.9 Å². The quantitative estimate of drug-likeness (QED) is 0.600. The van der Waals surface area contributed by atoms with Gasteiger partial charge < -0.3 is 10.2 Å². The Bertz CT molecular complexity index is 1130. The molecule has 9 heteroatoms. The molecule has 0 saturated carbocycles. The molecule has 34 heavy (non-hydrogen) atoms. The van der Waals surface area contributed by atoms with Crippen molar-refractivity contribution in [1.82, 2.24) is 9.62 Å². The molecule has 0 spiro atoms. The third-order valence-corrected chi connectivity index (χ3v) is 7.82. The van der Waals surface area contributed by atoms with Crippen molar-refractivity contribution in [3.05, 3.63) is 54.1 Å². The van der Waals surface area contributed by atoms with E-state index in [1.165, 1.54) is 0 Å². The van der Waals surface area contributed by atoms with Gasteiger partial charge in [-0.1, -0.05) is 23.8 Å². The van der Waals surface area contributed by atoms with E-state index < -0.39 is 10.0 Å². The Balaban J connectivity index is 1.28. The van der Waals surface area contributed by atoms with Crippen molar-refractivity contribution in [2.24, 2.45) is 5.92 Å². The van der Waals surface area contributed by atoms with Crippen LogP contribution in [0.5, 0.6) is 0 Å². The molecular weight excluding hydrogens is 452 g/mol. The molecule has 2 aromatic rings. The fraction of sp³-hybridized carbons (Fsp3) is 0.440. The first-order valence-electron chi connectivity index (χ1n) is 11.8. The molecule has 0 aliphatic carbocycles. The van der Waals surface area contributed by atoms with Crippen LogP contribution in [0.15, 0.2) is 53.4 Å². The number of amides is 2. The van der Waals surface area contributed by atoms with Crippen molar-refractivity contribution in [3.63, 3.8) is 0 Å². The Kier molecular flexibility index (Phi) is 7.65. The number of nitrogens with zero attached hydrogens (tertiary/aromatic N) is 2. The second kappa shape index (κ2) is 10.7. The maximum Gasteiger partial charge on any atom is 0.240 e. The summed E-state index contributed by atoms with van der Waals surface area (Å²) < 4.78 is 27.9. The molecule has 0 aromatic heterocycles. The zero-order chi connectivity index (χ0) is 24.1. The van der Waals surface area contributed by atoms with Gasteiger partial charge in [0.2, 0.25) is 21.8 Å². The summed E-state index contributed by atoms with van der Waals surface area (Å²) in [5.74, 6) is 0.137. The minimum atomic E-state index is -3.55. The lowest BCUT2D eigenvalue weighted by atomic mass is 9.98. The van der Waals surface area contributed by atoms with E-state index >= 15 is 0 Å². The summed E-state index contributed by atoms with van der Waals surface area (Å²) >= 11 is 0. The van der Waals surface area contributed by atoms with Gasteiger partial charge in [0.1, 0.15) is 0 Å². The Labute approximate surface area is 201 Å². The van der Waals surface area contributed by atoms with Gasteiger partial charge in [-0.15, -0.1) is 0 Å². The van der Waals surface area contributed by atoms with Crippen molar-refractivity contribution >= 4 is 33.2 Å². The Hall–Kier alpha value is -2.75. The number of sulfonamides is 1. The lowest BCUT2D eigenvalue weighted by Crippen LogP contribution is -2.43. The van der Waals surface area contributed by atoms with Gasteiger partial charge in [0, 0.05) is 37.4 Å². The molecule has 2 aromatic carbocycles. The molecule has 2 N–H and O–H groups in total. The first-order chi connectivity index (χ1) is 16.3. The number of carbonyl (C=O) groups is 2. The number of aryl methyl sites for hydroxylation is 1. The van der Waals surface area contributed by atoms with Gasteiger partial charge in [-0.3, -0.25) is 14.5 Å². The van der Waals surface area contributed by atoms with Crippen LogP contribution in [0.1, 0.15) is 31.2 Å². The fourth-order valence-electron chi connectivity index (χ4n) is 4.57. The highest BCUT2D eigenvalue weighted by atomic mass is 32.2. The molecule has 2 saturated heterocycles. The number of piperidine rings is 1. The number of rotatable bonds is 8. The van der Waals surface area contributed by atoms with Crippen LogP contribution in [-0.4, -0.2) is 57.9 Å². The van der Waals surface area contributed by atoms with Crippen LogP contribution in [-0.2, 0) is 19.6 Å². The minimum absolute atomic E-state index is 0.112. The van der Waals surface area contributed by atoms with Crippen LogP contribution in [0.4, 0.5) is 11.4 Å². The van der Waals surface area contributed by atoms with Gasteiger partial charge in [-0.25, -0.2) is 13.1 Å². The molecule has 182 valence electrons. The van der Waals surface area contributed by atoms with Gasteiger partial charge in [-0.2, -0.15) is 0 Å². The largest absolute Gasteiger partial charge is 0.325 e. The van der Waals surface area contributed by atoms with Crippen LogP contribution in [0.3, 0.4) is 0 Å². The molecular formula is C25H32N4O4S. The summed E-state index contributed by atoms with van der Waals surface area (Å²) in [4.78, 5) is 28.8. The second-order valence-corrected chi connectivity index (χ2v) is 10.9. The van der Waals surface area contributed by atoms with E-state index in [9.17, 15) is 18.0 Å². The van der Waals surface area contributed by atoms with Crippen molar-refractivity contribution in [2.75, 3.05) is 42.9 Å². The van der Waals surface area contributed by atoms with E-state index in [2.05, 4.69) is 14.9 Å². The Morgan fingerprint density at radius 3 is 2.62 bits per heavy atom. The molecule has 1 atom stereocenters. The smallest absolute Gasteiger partial charge is 0.240 e. The normalized spacial score (nSPS) is 19.4. The third-order valence-electron chi connectivity index (χ3n) is 6.38. The van der Waals surface area contributed by atoms with Crippen molar-refractivity contribution < 1.29 is 18.0 Å². The summed E-state index contributed by atoms with van der Waals surface area (Å²) in [6, 6.07) is 14.2. The predicted octanol–water partition coefficient (Wildman–Crippen LogP) is 2.75. The lowest BCUT2D eigenvalue weighted by Gasteiger charge is -2.32. The summed E-state index contributed by atoms with van der Waals surface area (Å²) in [5.41, 5.74) is 2.48. The number of hydrogen-bond donors (Lipinski definition) is 2. The molecule has 2 fully saturated rings. The maximum atomic E-state index is 12.7. The van der Waals surface area contributed by atoms with Gasteiger partial charge in [0.25, 0.3) is 0 Å². The molecule has 2 heterocycles. The van der Waals surface area contributed by atoms with Gasteiger partial charge in [0.15, 0.2) is 0 Å². The first-order valence-corrected chi connectivity index (χ1v) is 13.3. The molecule has 2 amide bonds. The average Bonchev–Trinajstić information content (AvgIpc) is 3.24. The highest BCUT2D eigenvalue weighted by Crippen LogP contribution is 2.24. The average molecular weight is 485 g/mol. The molecule has 2 aliphatic heterocycles. The van der Waals surface area contributed by atoms with Crippen LogP contribution in [0.2, 0.25) is 0 Å². The standard InChI is InChI=1S/C25H32N4O4S/c1-19-9-11-23(12-10-19)34(32,33)26-16-20-5-3-13-28(17-20)18-24(30)27-21-6-2-7-22(15-21)29-14-4-8-25(29)31/h2,6-7,9-12,15,20,26H,3-5,8,13-14,16-18H2,1H3,(H,27,30). The maximum absolute atomic E-state index is 12.7. The zero-order valence-corrected chi connectivity index (χ0v) is 20.3. The molecule has 0 bridgehead atoms. The van der Waals surface area contributed by atoms with E-state index in [0.717, 1.165) is 37.1 Å². The number of benzene rings is 2.